The minimum absolute atomic E-state index is 0.0896. The molecular formula is C14H14N6O2. The van der Waals surface area contributed by atoms with Crippen LogP contribution in [0, 0.1) is 0 Å². The van der Waals surface area contributed by atoms with Crippen LogP contribution in [0.3, 0.4) is 0 Å². The molecule has 0 aliphatic rings. The van der Waals surface area contributed by atoms with Gasteiger partial charge < -0.3 is 9.84 Å². The summed E-state index contributed by atoms with van der Waals surface area (Å²) < 4.78 is 6.64. The van der Waals surface area contributed by atoms with Crippen molar-refractivity contribution >= 4 is 17.2 Å². The van der Waals surface area contributed by atoms with Crippen molar-refractivity contribution in [3.63, 3.8) is 0 Å². The quantitative estimate of drug-likeness (QED) is 0.562. The summed E-state index contributed by atoms with van der Waals surface area (Å²) in [6.45, 7) is 1.84. The summed E-state index contributed by atoms with van der Waals surface area (Å²) in [5.74, 6) is 1.06. The largest absolute Gasteiger partial charge is 0.504 e. The van der Waals surface area contributed by atoms with E-state index in [1.165, 1.54) is 13.4 Å². The number of hydrogen-bond acceptors (Lipinski definition) is 7. The van der Waals surface area contributed by atoms with Crippen LogP contribution in [-0.2, 0) is 0 Å². The molecule has 8 heteroatoms. The molecule has 0 aliphatic carbocycles. The second-order valence-corrected chi connectivity index (χ2v) is 4.55. The Labute approximate surface area is 126 Å². The second-order valence-electron chi connectivity index (χ2n) is 4.55. The lowest BCUT2D eigenvalue weighted by Crippen LogP contribution is -2.03. The molecule has 3 rings (SSSR count). The molecule has 0 atom stereocenters. The Balaban J connectivity index is 1.81. The lowest BCUT2D eigenvalue weighted by atomic mass is 10.1. The number of ether oxygens (including phenoxy) is 1. The standard InChI is InChI=1S/C14H14N6O2/c1-9(10-3-4-11(21)12(7-10)22-2)16-17-13-5-6-14-18-15-8-20(14)19-13/h3-8,21H,1-2H3,(H,17,19). The lowest BCUT2D eigenvalue weighted by Gasteiger charge is -2.07. The highest BCUT2D eigenvalue weighted by Gasteiger charge is 2.05. The van der Waals surface area contributed by atoms with Crippen LogP contribution in [-0.4, -0.2) is 37.7 Å². The number of rotatable bonds is 4. The van der Waals surface area contributed by atoms with Crippen LogP contribution < -0.4 is 10.2 Å². The highest BCUT2D eigenvalue weighted by atomic mass is 16.5. The molecule has 2 N–H and O–H groups in total. The Kier molecular flexibility index (Phi) is 3.57. The van der Waals surface area contributed by atoms with E-state index in [-0.39, 0.29) is 5.75 Å². The van der Waals surface area contributed by atoms with E-state index in [4.69, 9.17) is 4.74 Å². The molecule has 0 unspecified atom stereocenters. The summed E-state index contributed by atoms with van der Waals surface area (Å²) in [5.41, 5.74) is 5.09. The molecule has 1 aromatic carbocycles. The van der Waals surface area contributed by atoms with Gasteiger partial charge in [-0.2, -0.15) is 9.62 Å². The summed E-state index contributed by atoms with van der Waals surface area (Å²) in [4.78, 5) is 0. The number of benzene rings is 1. The first kappa shape index (κ1) is 13.8. The summed E-state index contributed by atoms with van der Waals surface area (Å²) in [6.07, 6.45) is 1.52. The molecule has 0 bridgehead atoms. The zero-order valence-corrected chi connectivity index (χ0v) is 12.1. The summed E-state index contributed by atoms with van der Waals surface area (Å²) in [6, 6.07) is 8.59. The average Bonchev–Trinajstić information content (AvgIpc) is 3.00. The smallest absolute Gasteiger partial charge is 0.177 e. The van der Waals surface area contributed by atoms with Crippen LogP contribution in [0.15, 0.2) is 41.8 Å². The van der Waals surface area contributed by atoms with Gasteiger partial charge in [0.1, 0.15) is 6.33 Å². The number of phenols is 1. The van der Waals surface area contributed by atoms with Crippen LogP contribution in [0.1, 0.15) is 12.5 Å². The average molecular weight is 298 g/mol. The van der Waals surface area contributed by atoms with Gasteiger partial charge in [-0.05, 0) is 37.3 Å². The number of nitrogens with zero attached hydrogens (tertiary/aromatic N) is 5. The number of hydrogen-bond donors (Lipinski definition) is 2. The van der Waals surface area contributed by atoms with E-state index in [2.05, 4.69) is 25.8 Å². The van der Waals surface area contributed by atoms with Crippen molar-refractivity contribution in [3.8, 4) is 11.5 Å². The minimum atomic E-state index is 0.0896. The van der Waals surface area contributed by atoms with Gasteiger partial charge in [0.25, 0.3) is 0 Å². The van der Waals surface area contributed by atoms with Gasteiger partial charge in [-0.3, -0.25) is 5.43 Å². The monoisotopic (exact) mass is 298 g/mol. The number of fused-ring (bicyclic) bond motifs is 1. The van der Waals surface area contributed by atoms with Crippen molar-refractivity contribution in [2.45, 2.75) is 6.92 Å². The normalized spacial score (nSPS) is 11.6. The lowest BCUT2D eigenvalue weighted by molar-refractivity contribution is 0.373. The highest BCUT2D eigenvalue weighted by Crippen LogP contribution is 2.26. The first-order valence-electron chi connectivity index (χ1n) is 6.52. The number of nitrogens with one attached hydrogen (secondary N) is 1. The Morgan fingerprint density at radius 3 is 3.00 bits per heavy atom. The van der Waals surface area contributed by atoms with Gasteiger partial charge in [-0.1, -0.05) is 0 Å². The van der Waals surface area contributed by atoms with Crippen molar-refractivity contribution in [1.82, 2.24) is 19.8 Å². The predicted molar refractivity (Wildman–Crippen MR) is 81.3 cm³/mol. The maximum Gasteiger partial charge on any atom is 0.177 e. The number of anilines is 1. The molecule has 2 heterocycles. The maximum absolute atomic E-state index is 9.60. The molecule has 8 nitrogen and oxygen atoms in total. The molecule has 0 fully saturated rings. The molecule has 0 radical (unpaired) electrons. The van der Waals surface area contributed by atoms with Crippen LogP contribution in [0.4, 0.5) is 5.82 Å². The SMILES string of the molecule is COc1cc(C(C)=NNc2ccc3nncn3n2)ccc1O. The van der Waals surface area contributed by atoms with E-state index in [1.807, 2.05) is 6.92 Å². The topological polar surface area (TPSA) is 96.9 Å². The van der Waals surface area contributed by atoms with E-state index in [9.17, 15) is 5.11 Å². The van der Waals surface area contributed by atoms with Crippen molar-refractivity contribution in [2.24, 2.45) is 5.10 Å². The fraction of sp³-hybridized carbons (Fsp3) is 0.143. The van der Waals surface area contributed by atoms with Crippen molar-refractivity contribution in [3.05, 3.63) is 42.2 Å². The number of aromatic hydroxyl groups is 1. The third-order valence-electron chi connectivity index (χ3n) is 3.10. The first-order chi connectivity index (χ1) is 10.7. The number of methoxy groups -OCH3 is 1. The molecule has 0 amide bonds. The van der Waals surface area contributed by atoms with Crippen LogP contribution in [0.2, 0.25) is 0 Å². The van der Waals surface area contributed by atoms with Crippen molar-refractivity contribution in [1.29, 1.82) is 0 Å². The van der Waals surface area contributed by atoms with Crippen LogP contribution in [0.5, 0.6) is 11.5 Å². The highest BCUT2D eigenvalue weighted by molar-refractivity contribution is 5.99. The zero-order valence-electron chi connectivity index (χ0n) is 12.1. The third-order valence-corrected chi connectivity index (χ3v) is 3.10. The predicted octanol–water partition coefficient (Wildman–Crippen LogP) is 1.67. The van der Waals surface area contributed by atoms with E-state index >= 15 is 0 Å². The van der Waals surface area contributed by atoms with Gasteiger partial charge in [-0.15, -0.1) is 15.3 Å². The van der Waals surface area contributed by atoms with Gasteiger partial charge in [0.2, 0.25) is 0 Å². The molecular weight excluding hydrogens is 284 g/mol. The van der Waals surface area contributed by atoms with Crippen LogP contribution >= 0.6 is 0 Å². The molecule has 0 saturated carbocycles. The molecule has 22 heavy (non-hydrogen) atoms. The molecule has 112 valence electrons. The molecule has 2 aromatic heterocycles. The Bertz CT molecular complexity index is 842. The Morgan fingerprint density at radius 2 is 2.18 bits per heavy atom. The number of hydrazone groups is 1. The van der Waals surface area contributed by atoms with Gasteiger partial charge >= 0.3 is 0 Å². The van der Waals surface area contributed by atoms with Crippen molar-refractivity contribution in [2.75, 3.05) is 12.5 Å². The molecule has 3 aromatic rings. The summed E-state index contributed by atoms with van der Waals surface area (Å²) in [7, 11) is 1.50. The maximum atomic E-state index is 9.60. The van der Waals surface area contributed by atoms with Gasteiger partial charge in [0.15, 0.2) is 23.0 Å². The van der Waals surface area contributed by atoms with Gasteiger partial charge in [0.05, 0.1) is 12.8 Å². The first-order valence-corrected chi connectivity index (χ1v) is 6.52. The van der Waals surface area contributed by atoms with E-state index in [0.29, 0.717) is 17.2 Å². The van der Waals surface area contributed by atoms with Crippen LogP contribution in [0.25, 0.3) is 5.65 Å². The van der Waals surface area contributed by atoms with Gasteiger partial charge in [-0.25, -0.2) is 0 Å². The number of aromatic nitrogens is 4. The Morgan fingerprint density at radius 1 is 1.32 bits per heavy atom. The molecule has 0 spiro atoms. The van der Waals surface area contributed by atoms with E-state index < -0.39 is 0 Å². The summed E-state index contributed by atoms with van der Waals surface area (Å²) >= 11 is 0. The van der Waals surface area contributed by atoms with E-state index in [0.717, 1.165) is 11.3 Å². The third kappa shape index (κ3) is 2.66. The summed E-state index contributed by atoms with van der Waals surface area (Å²) in [5, 5.41) is 25.8. The van der Waals surface area contributed by atoms with Gasteiger partial charge in [0, 0.05) is 5.56 Å². The number of phenolic OH excluding ortho intramolecular Hbond substituents is 1. The van der Waals surface area contributed by atoms with E-state index in [1.54, 1.807) is 34.8 Å². The Hall–Kier alpha value is -3.16. The molecule has 0 saturated heterocycles. The fourth-order valence-electron chi connectivity index (χ4n) is 1.90. The minimum Gasteiger partial charge on any atom is -0.504 e. The fourth-order valence-corrected chi connectivity index (χ4v) is 1.90. The second kappa shape index (κ2) is 5.68. The molecule has 0 aliphatic heterocycles. The zero-order chi connectivity index (χ0) is 15.5. The van der Waals surface area contributed by atoms with Crippen molar-refractivity contribution < 1.29 is 9.84 Å².